The first kappa shape index (κ1) is 10.6. The molecule has 0 spiro atoms. The van der Waals surface area contributed by atoms with E-state index in [1.165, 1.54) is 25.1 Å². The van der Waals surface area contributed by atoms with Crippen LogP contribution in [0, 0.1) is 11.7 Å². The van der Waals surface area contributed by atoms with Gasteiger partial charge in [-0.1, -0.05) is 13.8 Å². The first-order chi connectivity index (χ1) is 7.16. The maximum absolute atomic E-state index is 12.7. The van der Waals surface area contributed by atoms with Gasteiger partial charge in [0.2, 0.25) is 0 Å². The molecule has 1 saturated carbocycles. The summed E-state index contributed by atoms with van der Waals surface area (Å²) in [6.45, 7) is 4.32. The Labute approximate surface area is 89.9 Å². The standard InChI is InChI=1S/C12H17FN2/c1-8(2)12(15-10-4-5-10)11-6-3-9(13)7-14-11/h3,6-8,10,12,15H,4-5H2,1-2H3. The summed E-state index contributed by atoms with van der Waals surface area (Å²) in [5, 5.41) is 3.54. The van der Waals surface area contributed by atoms with Gasteiger partial charge >= 0.3 is 0 Å². The Hall–Kier alpha value is -0.960. The lowest BCUT2D eigenvalue weighted by Gasteiger charge is -2.21. The molecule has 1 fully saturated rings. The summed E-state index contributed by atoms with van der Waals surface area (Å²) >= 11 is 0. The molecule has 1 aliphatic rings. The number of halogens is 1. The molecule has 1 aromatic rings. The molecule has 82 valence electrons. The highest BCUT2D eigenvalue weighted by Gasteiger charge is 2.27. The van der Waals surface area contributed by atoms with Gasteiger partial charge in [0, 0.05) is 6.04 Å². The first-order valence-electron chi connectivity index (χ1n) is 5.54. The lowest BCUT2D eigenvalue weighted by molar-refractivity contribution is 0.400. The Morgan fingerprint density at radius 3 is 2.60 bits per heavy atom. The Kier molecular flexibility index (Phi) is 3.00. The molecule has 0 radical (unpaired) electrons. The Bertz CT molecular complexity index is 317. The van der Waals surface area contributed by atoms with Crippen molar-refractivity contribution < 1.29 is 4.39 Å². The molecule has 1 aliphatic carbocycles. The van der Waals surface area contributed by atoms with Gasteiger partial charge in [0.1, 0.15) is 5.82 Å². The molecule has 0 aliphatic heterocycles. The molecule has 3 heteroatoms. The van der Waals surface area contributed by atoms with Gasteiger partial charge < -0.3 is 5.32 Å². The molecule has 0 amide bonds. The molecule has 2 rings (SSSR count). The third kappa shape index (κ3) is 2.75. The smallest absolute Gasteiger partial charge is 0.141 e. The summed E-state index contributed by atoms with van der Waals surface area (Å²) in [5.41, 5.74) is 0.943. The van der Waals surface area contributed by atoms with Gasteiger partial charge in [-0.15, -0.1) is 0 Å². The highest BCUT2D eigenvalue weighted by molar-refractivity contribution is 5.11. The number of hydrogen-bond acceptors (Lipinski definition) is 2. The van der Waals surface area contributed by atoms with Crippen molar-refractivity contribution in [3.05, 3.63) is 29.8 Å². The zero-order chi connectivity index (χ0) is 10.8. The highest BCUT2D eigenvalue weighted by Crippen LogP contribution is 2.27. The minimum absolute atomic E-state index is 0.248. The van der Waals surface area contributed by atoms with E-state index in [0.717, 1.165) is 5.69 Å². The molecule has 1 heterocycles. The van der Waals surface area contributed by atoms with Gasteiger partial charge in [-0.2, -0.15) is 0 Å². The van der Waals surface area contributed by atoms with Crippen LogP contribution in [0.15, 0.2) is 18.3 Å². The van der Waals surface area contributed by atoms with Crippen LogP contribution in [0.3, 0.4) is 0 Å². The Balaban J connectivity index is 2.11. The van der Waals surface area contributed by atoms with Gasteiger partial charge in [0.25, 0.3) is 0 Å². The van der Waals surface area contributed by atoms with E-state index in [1.54, 1.807) is 6.07 Å². The maximum Gasteiger partial charge on any atom is 0.141 e. The molecule has 15 heavy (non-hydrogen) atoms. The number of nitrogens with zero attached hydrogens (tertiary/aromatic N) is 1. The second-order valence-electron chi connectivity index (χ2n) is 4.56. The zero-order valence-electron chi connectivity index (χ0n) is 9.20. The van der Waals surface area contributed by atoms with Crippen LogP contribution in [-0.2, 0) is 0 Å². The summed E-state index contributed by atoms with van der Waals surface area (Å²) in [7, 11) is 0. The highest BCUT2D eigenvalue weighted by atomic mass is 19.1. The van der Waals surface area contributed by atoms with E-state index in [0.29, 0.717) is 12.0 Å². The van der Waals surface area contributed by atoms with E-state index in [9.17, 15) is 4.39 Å². The van der Waals surface area contributed by atoms with Crippen molar-refractivity contribution in [3.63, 3.8) is 0 Å². The van der Waals surface area contributed by atoms with E-state index in [4.69, 9.17) is 0 Å². The van der Waals surface area contributed by atoms with E-state index in [1.807, 2.05) is 0 Å². The van der Waals surface area contributed by atoms with Crippen LogP contribution >= 0.6 is 0 Å². The van der Waals surface area contributed by atoms with Crippen LogP contribution in [0.25, 0.3) is 0 Å². The molecule has 0 bridgehead atoms. The number of aromatic nitrogens is 1. The summed E-state index contributed by atoms with van der Waals surface area (Å²) in [4.78, 5) is 4.14. The average Bonchev–Trinajstić information content (AvgIpc) is 2.99. The van der Waals surface area contributed by atoms with Crippen LogP contribution in [0.4, 0.5) is 4.39 Å². The lowest BCUT2D eigenvalue weighted by Crippen LogP contribution is -2.28. The molecular weight excluding hydrogens is 191 g/mol. The lowest BCUT2D eigenvalue weighted by atomic mass is 10.0. The summed E-state index contributed by atoms with van der Waals surface area (Å²) in [5.74, 6) is 0.205. The molecule has 1 N–H and O–H groups in total. The van der Waals surface area contributed by atoms with Gasteiger partial charge in [0.05, 0.1) is 17.9 Å². The predicted molar refractivity (Wildman–Crippen MR) is 57.9 cm³/mol. The van der Waals surface area contributed by atoms with Crippen molar-refractivity contribution in [3.8, 4) is 0 Å². The number of nitrogens with one attached hydrogen (secondary N) is 1. The molecule has 2 nitrogen and oxygen atoms in total. The van der Waals surface area contributed by atoms with Crippen LogP contribution in [-0.4, -0.2) is 11.0 Å². The molecule has 1 atom stereocenters. The quantitative estimate of drug-likeness (QED) is 0.822. The monoisotopic (exact) mass is 208 g/mol. The van der Waals surface area contributed by atoms with E-state index in [2.05, 4.69) is 24.1 Å². The number of hydrogen-bond donors (Lipinski definition) is 1. The topological polar surface area (TPSA) is 24.9 Å². The summed E-state index contributed by atoms with van der Waals surface area (Å²) in [6, 6.07) is 4.14. The van der Waals surface area contributed by atoms with Gasteiger partial charge in [-0.3, -0.25) is 4.98 Å². The SMILES string of the molecule is CC(C)C(NC1CC1)c1ccc(F)cn1. The Morgan fingerprint density at radius 2 is 2.13 bits per heavy atom. The van der Waals surface area contributed by atoms with E-state index in [-0.39, 0.29) is 11.9 Å². The van der Waals surface area contributed by atoms with Crippen molar-refractivity contribution in [1.82, 2.24) is 10.3 Å². The van der Waals surface area contributed by atoms with Crippen molar-refractivity contribution in [2.75, 3.05) is 0 Å². The fourth-order valence-electron chi connectivity index (χ4n) is 1.69. The van der Waals surface area contributed by atoms with Crippen LogP contribution < -0.4 is 5.32 Å². The normalized spacial score (nSPS) is 18.1. The average molecular weight is 208 g/mol. The van der Waals surface area contributed by atoms with Crippen molar-refractivity contribution in [2.45, 2.75) is 38.8 Å². The largest absolute Gasteiger partial charge is 0.306 e. The molecule has 0 aromatic carbocycles. The van der Waals surface area contributed by atoms with E-state index >= 15 is 0 Å². The number of pyridine rings is 1. The zero-order valence-corrected chi connectivity index (χ0v) is 9.20. The maximum atomic E-state index is 12.7. The Morgan fingerprint density at radius 1 is 1.40 bits per heavy atom. The van der Waals surface area contributed by atoms with Crippen LogP contribution in [0.1, 0.15) is 38.4 Å². The third-order valence-electron chi connectivity index (χ3n) is 2.73. The van der Waals surface area contributed by atoms with Crippen LogP contribution in [0.2, 0.25) is 0 Å². The predicted octanol–water partition coefficient (Wildman–Crippen LogP) is 2.67. The van der Waals surface area contributed by atoms with Gasteiger partial charge in [-0.25, -0.2) is 4.39 Å². The fourth-order valence-corrected chi connectivity index (χ4v) is 1.69. The summed E-state index contributed by atoms with van der Waals surface area (Å²) in [6.07, 6.45) is 3.80. The summed E-state index contributed by atoms with van der Waals surface area (Å²) < 4.78 is 12.7. The molecular formula is C12H17FN2. The van der Waals surface area contributed by atoms with Crippen molar-refractivity contribution in [1.29, 1.82) is 0 Å². The minimum atomic E-state index is -0.271. The second-order valence-corrected chi connectivity index (χ2v) is 4.56. The van der Waals surface area contributed by atoms with E-state index < -0.39 is 0 Å². The molecule has 1 aromatic heterocycles. The van der Waals surface area contributed by atoms with Crippen molar-refractivity contribution in [2.24, 2.45) is 5.92 Å². The van der Waals surface area contributed by atoms with Crippen molar-refractivity contribution >= 4 is 0 Å². The minimum Gasteiger partial charge on any atom is -0.306 e. The molecule has 1 unspecified atom stereocenters. The number of rotatable bonds is 4. The fraction of sp³-hybridized carbons (Fsp3) is 0.583. The van der Waals surface area contributed by atoms with Crippen LogP contribution in [0.5, 0.6) is 0 Å². The third-order valence-corrected chi connectivity index (χ3v) is 2.73. The molecule has 0 saturated heterocycles. The van der Waals surface area contributed by atoms with Gasteiger partial charge in [0.15, 0.2) is 0 Å². The second kappa shape index (κ2) is 4.27. The van der Waals surface area contributed by atoms with Gasteiger partial charge in [-0.05, 0) is 30.9 Å². The first-order valence-corrected chi connectivity index (χ1v) is 5.54.